The summed E-state index contributed by atoms with van der Waals surface area (Å²) in [4.78, 5) is 23.2. The summed E-state index contributed by atoms with van der Waals surface area (Å²) in [6, 6.07) is 17.9. The molecule has 2 aliphatic heterocycles. The zero-order valence-corrected chi connectivity index (χ0v) is 29.9. The summed E-state index contributed by atoms with van der Waals surface area (Å²) in [5.41, 5.74) is 3.64. The van der Waals surface area contributed by atoms with Crippen molar-refractivity contribution < 1.29 is 32.2 Å². The fourth-order valence-electron chi connectivity index (χ4n) is 7.87. The maximum atomic E-state index is 14.8. The van der Waals surface area contributed by atoms with E-state index >= 15 is 0 Å². The minimum absolute atomic E-state index is 0.184. The first-order valence-electron chi connectivity index (χ1n) is 17.8. The van der Waals surface area contributed by atoms with E-state index in [9.17, 15) is 13.6 Å². The number of ether oxygens (including phenoxy) is 3. The monoisotopic (exact) mass is 713 g/mol. The van der Waals surface area contributed by atoms with Gasteiger partial charge in [-0.2, -0.15) is 0 Å². The Balaban J connectivity index is 1.06. The van der Waals surface area contributed by atoms with Crippen LogP contribution >= 0.6 is 0 Å². The van der Waals surface area contributed by atoms with Crippen molar-refractivity contribution >= 4 is 22.9 Å². The number of nitrogens with one attached hydrogen (secondary N) is 1. The molecule has 4 heterocycles. The molecule has 12 heteroatoms. The minimum atomic E-state index is -0.882. The van der Waals surface area contributed by atoms with Crippen LogP contribution < -0.4 is 19.5 Å². The van der Waals surface area contributed by atoms with Gasteiger partial charge in [-0.25, -0.2) is 13.8 Å². The van der Waals surface area contributed by atoms with Gasteiger partial charge in [-0.3, -0.25) is 4.79 Å². The Bertz CT molecular complexity index is 1980. The molecule has 0 saturated carbocycles. The maximum Gasteiger partial charge on any atom is 0.254 e. The predicted octanol–water partition coefficient (Wildman–Crippen LogP) is 7.12. The van der Waals surface area contributed by atoms with Gasteiger partial charge in [0, 0.05) is 48.8 Å². The van der Waals surface area contributed by atoms with Crippen molar-refractivity contribution in [3.8, 4) is 17.2 Å². The molecule has 0 spiro atoms. The highest BCUT2D eigenvalue weighted by Crippen LogP contribution is 2.41. The number of methoxy groups -OCH3 is 3. The van der Waals surface area contributed by atoms with Gasteiger partial charge in [-0.05, 0) is 86.7 Å². The maximum absolute atomic E-state index is 14.8. The Morgan fingerprint density at radius 3 is 2.42 bits per heavy atom. The van der Waals surface area contributed by atoms with Crippen LogP contribution in [0.3, 0.4) is 0 Å². The van der Waals surface area contributed by atoms with E-state index in [0.717, 1.165) is 67.9 Å². The molecule has 2 aromatic heterocycles. The molecule has 0 bridgehead atoms. The summed E-state index contributed by atoms with van der Waals surface area (Å²) in [5.74, 6) is 0.0879. The lowest BCUT2D eigenvalue weighted by Crippen LogP contribution is -2.50. The van der Waals surface area contributed by atoms with Gasteiger partial charge < -0.3 is 38.3 Å². The zero-order chi connectivity index (χ0) is 36.2. The van der Waals surface area contributed by atoms with Crippen molar-refractivity contribution in [2.24, 2.45) is 0 Å². The van der Waals surface area contributed by atoms with Gasteiger partial charge in [-0.15, -0.1) is 0 Å². The second kappa shape index (κ2) is 15.2. The van der Waals surface area contributed by atoms with Gasteiger partial charge in [0.25, 0.3) is 5.91 Å². The molecule has 10 nitrogen and oxygen atoms in total. The quantitative estimate of drug-likeness (QED) is 0.146. The molecule has 3 aromatic carbocycles. The summed E-state index contributed by atoms with van der Waals surface area (Å²) in [5, 5.41) is 3.73. The first-order valence-corrected chi connectivity index (χ1v) is 17.8. The average molecular weight is 714 g/mol. The van der Waals surface area contributed by atoms with Crippen molar-refractivity contribution in [1.82, 2.24) is 19.4 Å². The molecule has 1 unspecified atom stereocenters. The predicted molar refractivity (Wildman–Crippen MR) is 195 cm³/mol. The summed E-state index contributed by atoms with van der Waals surface area (Å²) >= 11 is 0. The van der Waals surface area contributed by atoms with Crippen LogP contribution in [0.4, 0.5) is 14.7 Å². The number of rotatable bonds is 12. The second-order valence-electron chi connectivity index (χ2n) is 13.8. The number of furan rings is 1. The number of para-hydroxylation sites is 2. The van der Waals surface area contributed by atoms with Gasteiger partial charge in [-0.1, -0.05) is 18.2 Å². The average Bonchev–Trinajstić information content (AvgIpc) is 3.82. The van der Waals surface area contributed by atoms with Gasteiger partial charge in [0.05, 0.1) is 51.4 Å². The second-order valence-corrected chi connectivity index (χ2v) is 13.8. The number of halogens is 2. The van der Waals surface area contributed by atoms with Crippen LogP contribution in [0.15, 0.2) is 77.6 Å². The van der Waals surface area contributed by atoms with E-state index in [0.29, 0.717) is 54.4 Å². The summed E-state index contributed by atoms with van der Waals surface area (Å²) in [7, 11) is 4.54. The van der Waals surface area contributed by atoms with Crippen LogP contribution in [0.25, 0.3) is 11.0 Å². The molecular formula is C40H45F2N5O5. The molecule has 1 amide bonds. The van der Waals surface area contributed by atoms with Gasteiger partial charge in [0.1, 0.15) is 0 Å². The highest BCUT2D eigenvalue weighted by Gasteiger charge is 2.40. The summed E-state index contributed by atoms with van der Waals surface area (Å²) in [6.45, 7) is 4.09. The van der Waals surface area contributed by atoms with E-state index in [1.165, 1.54) is 33.5 Å². The third kappa shape index (κ3) is 7.16. The Labute approximate surface area is 302 Å². The van der Waals surface area contributed by atoms with Crippen LogP contribution in [0, 0.1) is 11.6 Å². The first-order chi connectivity index (χ1) is 25.3. The van der Waals surface area contributed by atoms with Gasteiger partial charge in [0.15, 0.2) is 23.1 Å². The molecular weight excluding hydrogens is 668 g/mol. The fourth-order valence-corrected chi connectivity index (χ4v) is 7.87. The minimum Gasteiger partial charge on any atom is -0.493 e. The number of nitrogens with zero attached hydrogens (tertiary/aromatic N) is 4. The van der Waals surface area contributed by atoms with Crippen LogP contribution in [0.1, 0.15) is 53.6 Å². The molecule has 7 rings (SSSR count). The number of fused-ring (bicyclic) bond motifs is 1. The normalized spacial score (nSPS) is 18.4. The Kier molecular flexibility index (Phi) is 10.4. The highest BCUT2D eigenvalue weighted by molar-refractivity contribution is 5.96. The first kappa shape index (κ1) is 35.3. The van der Waals surface area contributed by atoms with Crippen LogP contribution in [-0.2, 0) is 12.0 Å². The number of anilines is 1. The Morgan fingerprint density at radius 2 is 1.73 bits per heavy atom. The van der Waals surface area contributed by atoms with Crippen LogP contribution in [0.5, 0.6) is 17.2 Å². The molecule has 1 N–H and O–H groups in total. The standard InChI is InChI=1S/C40H45F2N5O5/c1-49-35-21-28(22-36(50-2)37(35)51-3)38(48)46-16-6-14-40(26-46,29-9-10-31(41)32(42)23-29)15-19-45-17-11-30(12-18-45)43-39-44-33-7-4-5-8-34(33)47(39)24-27-13-20-52-25-27/h4-5,7-10,13,20-23,25,30H,6,11-12,14-19,24,26H2,1-3H3,(H,43,44). The number of likely N-dealkylation sites (tertiary alicyclic amines) is 2. The highest BCUT2D eigenvalue weighted by atomic mass is 19.2. The molecule has 0 aliphatic carbocycles. The van der Waals surface area contributed by atoms with E-state index in [1.807, 2.05) is 29.2 Å². The Hall–Kier alpha value is -5.10. The van der Waals surface area contributed by atoms with E-state index in [1.54, 1.807) is 30.7 Å². The third-order valence-electron chi connectivity index (χ3n) is 10.7. The smallest absolute Gasteiger partial charge is 0.254 e. The van der Waals surface area contributed by atoms with Gasteiger partial charge >= 0.3 is 0 Å². The molecule has 2 fully saturated rings. The molecule has 5 aromatic rings. The summed E-state index contributed by atoms with van der Waals surface area (Å²) in [6.07, 6.45) is 7.47. The number of carbonyl (C=O) groups is 1. The molecule has 0 radical (unpaired) electrons. The number of aromatic nitrogens is 2. The fraction of sp³-hybridized carbons (Fsp3) is 0.400. The van der Waals surface area contributed by atoms with Crippen molar-refractivity contribution in [3.05, 3.63) is 102 Å². The number of carbonyl (C=O) groups excluding carboxylic acids is 1. The van der Waals surface area contributed by atoms with E-state index in [-0.39, 0.29) is 11.9 Å². The Morgan fingerprint density at radius 1 is 0.962 bits per heavy atom. The van der Waals surface area contributed by atoms with Crippen molar-refractivity contribution in [3.63, 3.8) is 0 Å². The van der Waals surface area contributed by atoms with E-state index in [4.69, 9.17) is 23.6 Å². The van der Waals surface area contributed by atoms with Crippen LogP contribution in [0.2, 0.25) is 0 Å². The number of amides is 1. The van der Waals surface area contributed by atoms with E-state index in [2.05, 4.69) is 20.9 Å². The SMILES string of the molecule is COc1cc(C(=O)N2CCCC(CCN3CCC(Nc4nc5ccccc5n4Cc4ccoc4)CC3)(c3ccc(F)c(F)c3)C2)cc(OC)c1OC. The van der Waals surface area contributed by atoms with E-state index < -0.39 is 17.0 Å². The largest absolute Gasteiger partial charge is 0.493 e. The van der Waals surface area contributed by atoms with Crippen molar-refractivity contribution in [1.29, 1.82) is 0 Å². The summed E-state index contributed by atoms with van der Waals surface area (Å²) < 4.78 is 52.9. The number of benzene rings is 3. The molecule has 274 valence electrons. The third-order valence-corrected chi connectivity index (χ3v) is 10.7. The molecule has 1 atom stereocenters. The molecule has 2 aliphatic rings. The van der Waals surface area contributed by atoms with Crippen LogP contribution in [-0.4, -0.2) is 85.4 Å². The lowest BCUT2D eigenvalue weighted by Gasteiger charge is -2.45. The number of piperidine rings is 2. The van der Waals surface area contributed by atoms with Crippen molar-refractivity contribution in [2.45, 2.75) is 50.1 Å². The number of hydrogen-bond acceptors (Lipinski definition) is 8. The lowest BCUT2D eigenvalue weighted by molar-refractivity contribution is 0.0606. The topological polar surface area (TPSA) is 94.2 Å². The number of hydrogen-bond donors (Lipinski definition) is 1. The molecule has 52 heavy (non-hydrogen) atoms. The van der Waals surface area contributed by atoms with Gasteiger partial charge in [0.2, 0.25) is 11.7 Å². The lowest BCUT2D eigenvalue weighted by atomic mass is 9.71. The molecule has 2 saturated heterocycles. The van der Waals surface area contributed by atoms with Crippen molar-refractivity contribution in [2.75, 3.05) is 59.4 Å². The zero-order valence-electron chi connectivity index (χ0n) is 29.9. The number of imidazole rings is 1.